The number of imidazole rings is 1. The van der Waals surface area contributed by atoms with Crippen molar-refractivity contribution in [2.24, 2.45) is 5.41 Å². The van der Waals surface area contributed by atoms with Gasteiger partial charge in [-0.2, -0.15) is 0 Å². The SMILES string of the molecule is CCC1(CNS(=O)(=O)c2cnc[nH]2)CCCC1. The van der Waals surface area contributed by atoms with E-state index in [1.165, 1.54) is 25.4 Å². The van der Waals surface area contributed by atoms with Crippen molar-refractivity contribution in [3.8, 4) is 0 Å². The highest BCUT2D eigenvalue weighted by molar-refractivity contribution is 7.89. The fourth-order valence-electron chi connectivity index (χ4n) is 2.50. The Balaban J connectivity index is 2.02. The zero-order valence-electron chi connectivity index (χ0n) is 10.1. The Morgan fingerprint density at radius 1 is 1.47 bits per heavy atom. The van der Waals surface area contributed by atoms with Crippen LogP contribution in [0, 0.1) is 5.41 Å². The van der Waals surface area contributed by atoms with Gasteiger partial charge in [0.1, 0.15) is 0 Å². The second-order valence-electron chi connectivity index (χ2n) is 4.80. The molecule has 0 aromatic carbocycles. The zero-order valence-corrected chi connectivity index (χ0v) is 10.9. The summed E-state index contributed by atoms with van der Waals surface area (Å²) < 4.78 is 26.5. The number of nitrogens with one attached hydrogen (secondary N) is 2. The topological polar surface area (TPSA) is 74.8 Å². The largest absolute Gasteiger partial charge is 0.335 e. The van der Waals surface area contributed by atoms with Gasteiger partial charge >= 0.3 is 0 Å². The van der Waals surface area contributed by atoms with Crippen molar-refractivity contribution >= 4 is 10.0 Å². The van der Waals surface area contributed by atoms with Crippen LogP contribution in [0.15, 0.2) is 17.6 Å². The van der Waals surface area contributed by atoms with Crippen LogP contribution in [0.25, 0.3) is 0 Å². The summed E-state index contributed by atoms with van der Waals surface area (Å²) in [4.78, 5) is 6.35. The molecule has 5 nitrogen and oxygen atoms in total. The van der Waals surface area contributed by atoms with Crippen LogP contribution < -0.4 is 4.72 Å². The fourth-order valence-corrected chi connectivity index (χ4v) is 3.56. The first-order valence-electron chi connectivity index (χ1n) is 6.06. The Bertz CT molecular complexity index is 447. The van der Waals surface area contributed by atoms with E-state index >= 15 is 0 Å². The smallest absolute Gasteiger partial charge is 0.257 e. The van der Waals surface area contributed by atoms with Crippen LogP contribution in [0.1, 0.15) is 39.0 Å². The van der Waals surface area contributed by atoms with E-state index in [1.54, 1.807) is 0 Å². The minimum Gasteiger partial charge on any atom is -0.335 e. The molecule has 0 bridgehead atoms. The molecule has 0 atom stereocenters. The maximum atomic E-state index is 11.9. The molecule has 1 aliphatic carbocycles. The normalized spacial score (nSPS) is 19.6. The number of aromatic nitrogens is 2. The Kier molecular flexibility index (Phi) is 3.53. The van der Waals surface area contributed by atoms with Gasteiger partial charge in [-0.25, -0.2) is 18.1 Å². The third kappa shape index (κ3) is 2.69. The molecule has 6 heteroatoms. The summed E-state index contributed by atoms with van der Waals surface area (Å²) in [6.07, 6.45) is 8.39. The summed E-state index contributed by atoms with van der Waals surface area (Å²) in [6.45, 7) is 2.67. The average molecular weight is 257 g/mol. The van der Waals surface area contributed by atoms with E-state index in [9.17, 15) is 8.42 Å². The van der Waals surface area contributed by atoms with Crippen LogP contribution in [-0.2, 0) is 10.0 Å². The summed E-state index contributed by atoms with van der Waals surface area (Å²) in [6, 6.07) is 0. The molecule has 0 unspecified atom stereocenters. The molecule has 0 radical (unpaired) electrons. The van der Waals surface area contributed by atoms with Gasteiger partial charge in [0, 0.05) is 6.54 Å². The van der Waals surface area contributed by atoms with Crippen LogP contribution >= 0.6 is 0 Å². The van der Waals surface area contributed by atoms with Gasteiger partial charge in [0.25, 0.3) is 10.0 Å². The van der Waals surface area contributed by atoms with Gasteiger partial charge in [0.2, 0.25) is 0 Å². The predicted octanol–water partition coefficient (Wildman–Crippen LogP) is 1.66. The number of H-pyrrole nitrogens is 1. The highest BCUT2D eigenvalue weighted by Crippen LogP contribution is 2.40. The molecule has 0 saturated heterocycles. The Hall–Kier alpha value is -0.880. The molecule has 2 rings (SSSR count). The van der Waals surface area contributed by atoms with Crippen LogP contribution in [0.4, 0.5) is 0 Å². The van der Waals surface area contributed by atoms with Crippen molar-refractivity contribution < 1.29 is 8.42 Å². The van der Waals surface area contributed by atoms with Gasteiger partial charge in [-0.3, -0.25) is 0 Å². The monoisotopic (exact) mass is 257 g/mol. The van der Waals surface area contributed by atoms with E-state index in [4.69, 9.17) is 0 Å². The molecular weight excluding hydrogens is 238 g/mol. The molecule has 1 aliphatic rings. The number of hydrogen-bond acceptors (Lipinski definition) is 3. The van der Waals surface area contributed by atoms with E-state index in [-0.39, 0.29) is 10.4 Å². The van der Waals surface area contributed by atoms with Crippen molar-refractivity contribution in [1.29, 1.82) is 0 Å². The molecule has 1 fully saturated rings. The Morgan fingerprint density at radius 3 is 2.71 bits per heavy atom. The zero-order chi connectivity index (χ0) is 12.4. The number of hydrogen-bond donors (Lipinski definition) is 2. The van der Waals surface area contributed by atoms with E-state index < -0.39 is 10.0 Å². The summed E-state index contributed by atoms with van der Waals surface area (Å²) in [5.41, 5.74) is 0.160. The van der Waals surface area contributed by atoms with Crippen molar-refractivity contribution in [3.05, 3.63) is 12.5 Å². The van der Waals surface area contributed by atoms with Crippen molar-refractivity contribution in [2.75, 3.05) is 6.54 Å². The van der Waals surface area contributed by atoms with Gasteiger partial charge in [0.05, 0.1) is 12.5 Å². The van der Waals surface area contributed by atoms with E-state index in [1.807, 2.05) is 0 Å². The van der Waals surface area contributed by atoms with Crippen LogP contribution in [0.2, 0.25) is 0 Å². The number of nitrogens with zero attached hydrogens (tertiary/aromatic N) is 1. The fraction of sp³-hybridized carbons (Fsp3) is 0.727. The van der Waals surface area contributed by atoms with Gasteiger partial charge in [-0.05, 0) is 24.7 Å². The van der Waals surface area contributed by atoms with Crippen LogP contribution in [0.5, 0.6) is 0 Å². The maximum absolute atomic E-state index is 11.9. The minimum atomic E-state index is -3.42. The lowest BCUT2D eigenvalue weighted by Gasteiger charge is -2.27. The number of sulfonamides is 1. The van der Waals surface area contributed by atoms with Crippen LogP contribution in [-0.4, -0.2) is 24.9 Å². The second-order valence-corrected chi connectivity index (χ2v) is 6.54. The average Bonchev–Trinajstić information content (AvgIpc) is 2.99. The molecule has 2 N–H and O–H groups in total. The molecule has 1 saturated carbocycles. The van der Waals surface area contributed by atoms with E-state index in [0.717, 1.165) is 19.3 Å². The van der Waals surface area contributed by atoms with Crippen molar-refractivity contribution in [1.82, 2.24) is 14.7 Å². The van der Waals surface area contributed by atoms with E-state index in [2.05, 4.69) is 21.6 Å². The first-order chi connectivity index (χ1) is 8.08. The van der Waals surface area contributed by atoms with Crippen LogP contribution in [0.3, 0.4) is 0 Å². The molecule has 0 amide bonds. The second kappa shape index (κ2) is 4.78. The maximum Gasteiger partial charge on any atom is 0.257 e. The number of rotatable bonds is 5. The first-order valence-corrected chi connectivity index (χ1v) is 7.54. The molecule has 0 aliphatic heterocycles. The van der Waals surface area contributed by atoms with Crippen molar-refractivity contribution in [2.45, 2.75) is 44.1 Å². The quantitative estimate of drug-likeness (QED) is 0.842. The lowest BCUT2D eigenvalue weighted by Crippen LogP contribution is -2.35. The molecule has 17 heavy (non-hydrogen) atoms. The molecule has 0 spiro atoms. The summed E-state index contributed by atoms with van der Waals surface area (Å²) >= 11 is 0. The summed E-state index contributed by atoms with van der Waals surface area (Å²) in [7, 11) is -3.42. The molecule has 1 aromatic rings. The summed E-state index contributed by atoms with van der Waals surface area (Å²) in [5.74, 6) is 0. The molecule has 96 valence electrons. The lowest BCUT2D eigenvalue weighted by atomic mass is 9.84. The summed E-state index contributed by atoms with van der Waals surface area (Å²) in [5, 5.41) is 0.141. The first kappa shape index (κ1) is 12.6. The molecular formula is C11H19N3O2S. The standard InChI is InChI=1S/C11H19N3O2S/c1-2-11(5-3-4-6-11)8-14-17(15,16)10-7-12-9-13-10/h7,9,14H,2-6,8H2,1H3,(H,12,13). The van der Waals surface area contributed by atoms with Gasteiger partial charge in [-0.15, -0.1) is 0 Å². The Morgan fingerprint density at radius 2 is 2.18 bits per heavy atom. The molecule has 1 heterocycles. The number of aromatic amines is 1. The highest BCUT2D eigenvalue weighted by Gasteiger charge is 2.33. The highest BCUT2D eigenvalue weighted by atomic mass is 32.2. The Labute approximate surface area is 102 Å². The minimum absolute atomic E-state index is 0.141. The van der Waals surface area contributed by atoms with Gasteiger partial charge in [0.15, 0.2) is 5.03 Å². The van der Waals surface area contributed by atoms with Crippen molar-refractivity contribution in [3.63, 3.8) is 0 Å². The van der Waals surface area contributed by atoms with E-state index in [0.29, 0.717) is 6.54 Å². The predicted molar refractivity (Wildman–Crippen MR) is 65.0 cm³/mol. The lowest BCUT2D eigenvalue weighted by molar-refractivity contribution is 0.285. The third-order valence-electron chi connectivity index (χ3n) is 3.81. The van der Waals surface area contributed by atoms with Gasteiger partial charge < -0.3 is 4.98 Å². The third-order valence-corrected chi connectivity index (χ3v) is 5.14. The molecule has 1 aromatic heterocycles. The van der Waals surface area contributed by atoms with Gasteiger partial charge in [-0.1, -0.05) is 19.8 Å².